The molecule has 0 atom stereocenters. The molecule has 0 radical (unpaired) electrons. The third kappa shape index (κ3) is 2.64. The monoisotopic (exact) mass is 297 g/mol. The first kappa shape index (κ1) is 13.5. The van der Waals surface area contributed by atoms with Crippen LogP contribution in [0.3, 0.4) is 0 Å². The number of nitrogens with zero attached hydrogens (tertiary/aromatic N) is 3. The highest BCUT2D eigenvalue weighted by atomic mass is 15.4. The molecule has 0 aliphatic heterocycles. The summed E-state index contributed by atoms with van der Waals surface area (Å²) in [6.07, 6.45) is 2.14. The van der Waals surface area contributed by atoms with E-state index in [0.717, 1.165) is 27.9 Å². The van der Waals surface area contributed by atoms with Gasteiger partial charge in [-0.05, 0) is 23.8 Å². The molecule has 0 amide bonds. The molecule has 0 spiro atoms. The van der Waals surface area contributed by atoms with Gasteiger partial charge in [-0.15, -0.1) is 5.10 Å². The molecule has 4 aromatic rings. The van der Waals surface area contributed by atoms with Gasteiger partial charge in [0.2, 0.25) is 0 Å². The van der Waals surface area contributed by atoms with Gasteiger partial charge in [-0.2, -0.15) is 0 Å². The minimum absolute atomic E-state index is 0.891. The first-order valence-electron chi connectivity index (χ1n) is 7.55. The predicted molar refractivity (Wildman–Crippen MR) is 93.7 cm³/mol. The number of hydrogen-bond donors (Lipinski definition) is 0. The van der Waals surface area contributed by atoms with Crippen molar-refractivity contribution in [3.63, 3.8) is 0 Å². The molecular weight excluding hydrogens is 282 g/mol. The van der Waals surface area contributed by atoms with Crippen LogP contribution >= 0.6 is 0 Å². The van der Waals surface area contributed by atoms with Crippen LogP contribution in [0, 0.1) is 0 Å². The van der Waals surface area contributed by atoms with Gasteiger partial charge in [0.15, 0.2) is 0 Å². The van der Waals surface area contributed by atoms with Gasteiger partial charge in [0, 0.05) is 5.56 Å². The SMILES string of the molecule is C(=C(\c1ccccc1)n1nnc2ccccc21)/c1ccccc1. The van der Waals surface area contributed by atoms with Crippen molar-refractivity contribution >= 4 is 22.8 Å². The van der Waals surface area contributed by atoms with Crippen molar-refractivity contribution in [2.24, 2.45) is 0 Å². The maximum absolute atomic E-state index is 4.37. The van der Waals surface area contributed by atoms with Gasteiger partial charge in [0.05, 0.1) is 11.2 Å². The second-order valence-corrected chi connectivity index (χ2v) is 5.30. The zero-order chi connectivity index (χ0) is 15.5. The van der Waals surface area contributed by atoms with Crippen LogP contribution in [-0.4, -0.2) is 15.0 Å². The van der Waals surface area contributed by atoms with Crippen molar-refractivity contribution < 1.29 is 0 Å². The lowest BCUT2D eigenvalue weighted by atomic mass is 10.1. The maximum Gasteiger partial charge on any atom is 0.113 e. The molecule has 0 saturated carbocycles. The van der Waals surface area contributed by atoms with E-state index in [1.807, 2.05) is 65.3 Å². The lowest BCUT2D eigenvalue weighted by molar-refractivity contribution is 0.843. The van der Waals surface area contributed by atoms with Crippen LogP contribution in [0.25, 0.3) is 22.8 Å². The van der Waals surface area contributed by atoms with Gasteiger partial charge in [0.1, 0.15) is 5.52 Å². The molecule has 0 bridgehead atoms. The third-order valence-electron chi connectivity index (χ3n) is 3.75. The zero-order valence-corrected chi connectivity index (χ0v) is 12.5. The molecule has 3 nitrogen and oxygen atoms in total. The molecule has 1 heterocycles. The van der Waals surface area contributed by atoms with E-state index in [0.29, 0.717) is 0 Å². The summed E-state index contributed by atoms with van der Waals surface area (Å²) in [6, 6.07) is 28.5. The fourth-order valence-electron chi connectivity index (χ4n) is 2.63. The molecule has 110 valence electrons. The second-order valence-electron chi connectivity index (χ2n) is 5.30. The Labute approximate surface area is 134 Å². The van der Waals surface area contributed by atoms with Gasteiger partial charge in [-0.25, -0.2) is 4.68 Å². The molecule has 3 aromatic carbocycles. The molecule has 1 aromatic heterocycles. The first-order valence-corrected chi connectivity index (χ1v) is 7.55. The van der Waals surface area contributed by atoms with E-state index >= 15 is 0 Å². The molecule has 0 N–H and O–H groups in total. The standard InChI is InChI=1S/C20H15N3/c1-3-9-16(10-4-1)15-20(17-11-5-2-6-12-17)23-19-14-8-7-13-18(19)21-22-23/h1-15H/b20-15-. The number of benzene rings is 3. The topological polar surface area (TPSA) is 30.7 Å². The number of fused-ring (bicyclic) bond motifs is 1. The van der Waals surface area contributed by atoms with E-state index < -0.39 is 0 Å². The Kier molecular flexibility index (Phi) is 3.45. The summed E-state index contributed by atoms with van der Waals surface area (Å²) in [7, 11) is 0. The van der Waals surface area contributed by atoms with Gasteiger partial charge in [-0.3, -0.25) is 0 Å². The minimum Gasteiger partial charge on any atom is -0.212 e. The molecule has 3 heteroatoms. The first-order chi connectivity index (χ1) is 11.4. The average Bonchev–Trinajstić information content (AvgIpc) is 3.05. The van der Waals surface area contributed by atoms with E-state index in [2.05, 4.69) is 40.7 Å². The lowest BCUT2D eigenvalue weighted by Crippen LogP contribution is -2.01. The van der Waals surface area contributed by atoms with Crippen LogP contribution < -0.4 is 0 Å². The number of hydrogen-bond acceptors (Lipinski definition) is 2. The Hall–Kier alpha value is -3.20. The summed E-state index contributed by atoms with van der Waals surface area (Å²) < 4.78 is 1.90. The Morgan fingerprint density at radius 3 is 2.17 bits per heavy atom. The van der Waals surface area contributed by atoms with Crippen LogP contribution in [0.5, 0.6) is 0 Å². The summed E-state index contributed by atoms with van der Waals surface area (Å²) in [5, 5.41) is 8.65. The normalized spacial score (nSPS) is 11.7. The van der Waals surface area contributed by atoms with Gasteiger partial charge in [0.25, 0.3) is 0 Å². The summed E-state index contributed by atoms with van der Waals surface area (Å²) >= 11 is 0. The van der Waals surface area contributed by atoms with Crippen LogP contribution in [0.15, 0.2) is 84.9 Å². The Bertz CT molecular complexity index is 954. The summed E-state index contributed by atoms with van der Waals surface area (Å²) in [4.78, 5) is 0. The predicted octanol–water partition coefficient (Wildman–Crippen LogP) is 4.48. The van der Waals surface area contributed by atoms with Crippen molar-refractivity contribution in [3.05, 3.63) is 96.1 Å². The van der Waals surface area contributed by atoms with E-state index in [-0.39, 0.29) is 0 Å². The third-order valence-corrected chi connectivity index (χ3v) is 3.75. The largest absolute Gasteiger partial charge is 0.212 e. The number of aromatic nitrogens is 3. The Morgan fingerprint density at radius 1 is 0.739 bits per heavy atom. The van der Waals surface area contributed by atoms with E-state index in [1.54, 1.807) is 0 Å². The van der Waals surface area contributed by atoms with Gasteiger partial charge < -0.3 is 0 Å². The summed E-state index contributed by atoms with van der Waals surface area (Å²) in [5.74, 6) is 0. The molecule has 0 fully saturated rings. The summed E-state index contributed by atoms with van der Waals surface area (Å²) in [5.41, 5.74) is 5.13. The molecule has 0 unspecified atom stereocenters. The van der Waals surface area contributed by atoms with Gasteiger partial charge in [-0.1, -0.05) is 78.0 Å². The molecule has 0 aliphatic rings. The lowest BCUT2D eigenvalue weighted by Gasteiger charge is -2.09. The fourth-order valence-corrected chi connectivity index (χ4v) is 2.63. The Balaban J connectivity index is 1.94. The number of rotatable bonds is 3. The van der Waals surface area contributed by atoms with Gasteiger partial charge >= 0.3 is 0 Å². The average molecular weight is 297 g/mol. The van der Waals surface area contributed by atoms with Crippen molar-refractivity contribution in [1.29, 1.82) is 0 Å². The molecule has 4 rings (SSSR count). The molecule has 0 saturated heterocycles. The maximum atomic E-state index is 4.37. The van der Waals surface area contributed by atoms with E-state index in [4.69, 9.17) is 0 Å². The van der Waals surface area contributed by atoms with Crippen molar-refractivity contribution in [2.45, 2.75) is 0 Å². The molecular formula is C20H15N3. The van der Waals surface area contributed by atoms with E-state index in [9.17, 15) is 0 Å². The van der Waals surface area contributed by atoms with Crippen molar-refractivity contribution in [2.75, 3.05) is 0 Å². The van der Waals surface area contributed by atoms with Crippen molar-refractivity contribution in [3.8, 4) is 0 Å². The quantitative estimate of drug-likeness (QED) is 0.522. The van der Waals surface area contributed by atoms with Crippen LogP contribution in [0.4, 0.5) is 0 Å². The highest BCUT2D eigenvalue weighted by Crippen LogP contribution is 2.23. The highest BCUT2D eigenvalue weighted by Gasteiger charge is 2.10. The Morgan fingerprint density at radius 2 is 1.39 bits per heavy atom. The van der Waals surface area contributed by atoms with Crippen molar-refractivity contribution in [1.82, 2.24) is 15.0 Å². The summed E-state index contributed by atoms with van der Waals surface area (Å²) in [6.45, 7) is 0. The fraction of sp³-hybridized carbons (Fsp3) is 0. The molecule has 23 heavy (non-hydrogen) atoms. The van der Waals surface area contributed by atoms with E-state index in [1.165, 1.54) is 0 Å². The van der Waals surface area contributed by atoms with Crippen LogP contribution in [-0.2, 0) is 0 Å². The van der Waals surface area contributed by atoms with Crippen LogP contribution in [0.1, 0.15) is 11.1 Å². The highest BCUT2D eigenvalue weighted by molar-refractivity contribution is 5.87. The van der Waals surface area contributed by atoms with Crippen LogP contribution in [0.2, 0.25) is 0 Å². The molecule has 0 aliphatic carbocycles. The number of para-hydroxylation sites is 1. The minimum atomic E-state index is 0.891. The second kappa shape index (κ2) is 5.89. The zero-order valence-electron chi connectivity index (χ0n) is 12.5. The smallest absolute Gasteiger partial charge is 0.113 e.